The van der Waals surface area contributed by atoms with Crippen LogP contribution >= 0.6 is 0 Å². The number of carbonyl (C=O) groups is 2. The standard InChI is InChI=1S/C19H27N3O2/c1-22-12-11-20-13-15(22)9-5-3-2-4-7-14-8-6-10-16-17(14)19(24)21-18(16)23/h6,8,10,15,20H,2-5,7,9,11-13H2,1H3,(H,21,23,24). The number of carbonyl (C=O) groups excluding carboxylic acids is 2. The molecule has 2 aliphatic heterocycles. The van der Waals surface area contributed by atoms with Gasteiger partial charge in [-0.1, -0.05) is 31.4 Å². The first-order valence-corrected chi connectivity index (χ1v) is 9.05. The summed E-state index contributed by atoms with van der Waals surface area (Å²) in [5, 5.41) is 5.85. The molecule has 0 aliphatic carbocycles. The van der Waals surface area contributed by atoms with Crippen LogP contribution in [0, 0.1) is 0 Å². The molecule has 0 spiro atoms. The van der Waals surface area contributed by atoms with Gasteiger partial charge in [-0.25, -0.2) is 0 Å². The quantitative estimate of drug-likeness (QED) is 0.593. The van der Waals surface area contributed by atoms with E-state index in [-0.39, 0.29) is 11.8 Å². The van der Waals surface area contributed by atoms with Gasteiger partial charge in [0.25, 0.3) is 11.8 Å². The van der Waals surface area contributed by atoms with Crippen molar-refractivity contribution in [2.24, 2.45) is 0 Å². The normalized spacial score (nSPS) is 21.0. The van der Waals surface area contributed by atoms with Crippen LogP contribution in [0.2, 0.25) is 0 Å². The van der Waals surface area contributed by atoms with Crippen molar-refractivity contribution in [1.29, 1.82) is 0 Å². The van der Waals surface area contributed by atoms with Crippen molar-refractivity contribution in [3.63, 3.8) is 0 Å². The average molecular weight is 329 g/mol. The number of nitrogens with one attached hydrogen (secondary N) is 2. The van der Waals surface area contributed by atoms with E-state index in [4.69, 9.17) is 0 Å². The highest BCUT2D eigenvalue weighted by Crippen LogP contribution is 2.22. The van der Waals surface area contributed by atoms with Gasteiger partial charge in [0.15, 0.2) is 0 Å². The number of rotatable bonds is 7. The molecule has 1 aromatic carbocycles. The first kappa shape index (κ1) is 17.1. The van der Waals surface area contributed by atoms with Gasteiger partial charge in [-0.3, -0.25) is 14.9 Å². The number of imide groups is 1. The smallest absolute Gasteiger partial charge is 0.259 e. The summed E-state index contributed by atoms with van der Waals surface area (Å²) in [6.45, 7) is 3.35. The Morgan fingerprint density at radius 2 is 1.96 bits per heavy atom. The zero-order valence-corrected chi connectivity index (χ0v) is 14.4. The Kier molecular flexibility index (Phi) is 5.63. The molecule has 2 amide bonds. The van der Waals surface area contributed by atoms with E-state index >= 15 is 0 Å². The highest BCUT2D eigenvalue weighted by molar-refractivity contribution is 6.22. The van der Waals surface area contributed by atoms with Gasteiger partial charge in [0.1, 0.15) is 0 Å². The molecule has 2 aliphatic rings. The molecule has 2 N–H and O–H groups in total. The van der Waals surface area contributed by atoms with Crippen molar-refractivity contribution in [3.8, 4) is 0 Å². The second-order valence-corrected chi connectivity index (χ2v) is 6.91. The summed E-state index contributed by atoms with van der Waals surface area (Å²) in [6, 6.07) is 6.25. The lowest BCUT2D eigenvalue weighted by atomic mass is 9.97. The Morgan fingerprint density at radius 1 is 1.12 bits per heavy atom. The van der Waals surface area contributed by atoms with Gasteiger partial charge >= 0.3 is 0 Å². The lowest BCUT2D eigenvalue weighted by molar-refractivity contribution is 0.0879. The fourth-order valence-corrected chi connectivity index (χ4v) is 3.73. The Labute approximate surface area is 143 Å². The summed E-state index contributed by atoms with van der Waals surface area (Å²) in [7, 11) is 2.22. The topological polar surface area (TPSA) is 61.4 Å². The van der Waals surface area contributed by atoms with E-state index in [1.54, 1.807) is 6.07 Å². The molecule has 5 nitrogen and oxygen atoms in total. The van der Waals surface area contributed by atoms with Crippen molar-refractivity contribution >= 4 is 11.8 Å². The van der Waals surface area contributed by atoms with Crippen molar-refractivity contribution < 1.29 is 9.59 Å². The number of hydrogen-bond acceptors (Lipinski definition) is 4. The maximum absolute atomic E-state index is 11.9. The SMILES string of the molecule is CN1CCNCC1CCCCCCc1cccc2c1C(=O)NC2=O. The highest BCUT2D eigenvalue weighted by Gasteiger charge is 2.28. The van der Waals surface area contributed by atoms with Crippen molar-refractivity contribution in [2.75, 3.05) is 26.7 Å². The van der Waals surface area contributed by atoms with Crippen molar-refractivity contribution in [3.05, 3.63) is 34.9 Å². The molecule has 1 saturated heterocycles. The van der Waals surface area contributed by atoms with Gasteiger partial charge in [-0.15, -0.1) is 0 Å². The molecule has 0 radical (unpaired) electrons. The van der Waals surface area contributed by atoms with Crippen LogP contribution in [-0.4, -0.2) is 49.4 Å². The van der Waals surface area contributed by atoms with Gasteiger partial charge < -0.3 is 10.2 Å². The lowest BCUT2D eigenvalue weighted by Gasteiger charge is -2.33. The number of amides is 2. The fourth-order valence-electron chi connectivity index (χ4n) is 3.73. The lowest BCUT2D eigenvalue weighted by Crippen LogP contribution is -2.49. The average Bonchev–Trinajstić information content (AvgIpc) is 2.87. The summed E-state index contributed by atoms with van der Waals surface area (Å²) in [5.41, 5.74) is 2.13. The van der Waals surface area contributed by atoms with Crippen LogP contribution in [0.15, 0.2) is 18.2 Å². The van der Waals surface area contributed by atoms with Crippen LogP contribution in [0.25, 0.3) is 0 Å². The third-order valence-electron chi connectivity index (χ3n) is 5.23. The molecule has 1 unspecified atom stereocenters. The highest BCUT2D eigenvalue weighted by atomic mass is 16.2. The molecule has 24 heavy (non-hydrogen) atoms. The van der Waals surface area contributed by atoms with E-state index in [1.165, 1.54) is 25.7 Å². The second-order valence-electron chi connectivity index (χ2n) is 6.91. The third kappa shape index (κ3) is 3.84. The number of hydrogen-bond donors (Lipinski definition) is 2. The van der Waals surface area contributed by atoms with Gasteiger partial charge in [0, 0.05) is 25.7 Å². The zero-order valence-electron chi connectivity index (χ0n) is 14.4. The molecule has 1 atom stereocenters. The Hall–Kier alpha value is -1.72. The molecule has 2 heterocycles. The molecular weight excluding hydrogens is 302 g/mol. The van der Waals surface area contributed by atoms with E-state index in [0.29, 0.717) is 17.2 Å². The Bertz CT molecular complexity index is 615. The molecule has 1 fully saturated rings. The number of benzene rings is 1. The van der Waals surface area contributed by atoms with E-state index in [9.17, 15) is 9.59 Å². The minimum atomic E-state index is -0.262. The van der Waals surface area contributed by atoms with Crippen molar-refractivity contribution in [1.82, 2.24) is 15.5 Å². The van der Waals surface area contributed by atoms with Crippen LogP contribution in [-0.2, 0) is 6.42 Å². The van der Waals surface area contributed by atoms with Gasteiger partial charge in [-0.05, 0) is 37.9 Å². The molecule has 130 valence electrons. The zero-order chi connectivity index (χ0) is 16.9. The molecule has 5 heteroatoms. The van der Waals surface area contributed by atoms with E-state index in [2.05, 4.69) is 22.6 Å². The van der Waals surface area contributed by atoms with E-state index in [1.807, 2.05) is 12.1 Å². The molecule has 3 rings (SSSR count). The first-order valence-electron chi connectivity index (χ1n) is 9.05. The molecule has 0 saturated carbocycles. The third-order valence-corrected chi connectivity index (χ3v) is 5.23. The fraction of sp³-hybridized carbons (Fsp3) is 0.579. The number of unbranched alkanes of at least 4 members (excludes halogenated alkanes) is 3. The molecule has 0 bridgehead atoms. The van der Waals surface area contributed by atoms with E-state index < -0.39 is 0 Å². The number of fused-ring (bicyclic) bond motifs is 1. The van der Waals surface area contributed by atoms with Crippen LogP contribution in [0.1, 0.15) is 58.4 Å². The molecule has 1 aromatic rings. The number of likely N-dealkylation sites (N-methyl/N-ethyl adjacent to an activating group) is 1. The predicted octanol–water partition coefficient (Wildman–Crippen LogP) is 1.97. The number of nitrogens with zero attached hydrogens (tertiary/aromatic N) is 1. The van der Waals surface area contributed by atoms with Crippen molar-refractivity contribution in [2.45, 2.75) is 44.6 Å². The van der Waals surface area contributed by atoms with Gasteiger partial charge in [0.2, 0.25) is 0 Å². The maximum atomic E-state index is 11.9. The summed E-state index contributed by atoms with van der Waals surface area (Å²) in [5.74, 6) is -0.500. The van der Waals surface area contributed by atoms with Gasteiger partial charge in [0.05, 0.1) is 11.1 Å². The summed E-state index contributed by atoms with van der Waals surface area (Å²) in [4.78, 5) is 26.0. The minimum absolute atomic E-state index is 0.238. The maximum Gasteiger partial charge on any atom is 0.259 e. The molecular formula is C19H27N3O2. The second kappa shape index (κ2) is 7.90. The Morgan fingerprint density at radius 3 is 2.79 bits per heavy atom. The van der Waals surface area contributed by atoms with E-state index in [0.717, 1.165) is 38.0 Å². The van der Waals surface area contributed by atoms with Gasteiger partial charge in [-0.2, -0.15) is 0 Å². The Balaban J connectivity index is 1.40. The predicted molar refractivity (Wildman–Crippen MR) is 94.3 cm³/mol. The summed E-state index contributed by atoms with van der Waals surface area (Å²) < 4.78 is 0. The first-order chi connectivity index (χ1) is 11.7. The molecule has 0 aromatic heterocycles. The van der Waals surface area contributed by atoms with Crippen LogP contribution < -0.4 is 10.6 Å². The summed E-state index contributed by atoms with van der Waals surface area (Å²) >= 11 is 0. The van der Waals surface area contributed by atoms with Crippen LogP contribution in [0.5, 0.6) is 0 Å². The number of aryl methyl sites for hydroxylation is 1. The van der Waals surface area contributed by atoms with Crippen LogP contribution in [0.4, 0.5) is 0 Å². The minimum Gasteiger partial charge on any atom is -0.314 e. The summed E-state index contributed by atoms with van der Waals surface area (Å²) in [6.07, 6.45) is 6.84. The largest absolute Gasteiger partial charge is 0.314 e. The van der Waals surface area contributed by atoms with Crippen LogP contribution in [0.3, 0.4) is 0 Å². The monoisotopic (exact) mass is 329 g/mol. The number of piperazine rings is 1.